The van der Waals surface area contributed by atoms with Crippen molar-refractivity contribution in [1.82, 2.24) is 9.78 Å². The molecule has 0 spiro atoms. The summed E-state index contributed by atoms with van der Waals surface area (Å²) in [5.74, 6) is -0.418. The van der Waals surface area contributed by atoms with E-state index in [1.54, 1.807) is 26.0 Å². The van der Waals surface area contributed by atoms with Crippen molar-refractivity contribution < 1.29 is 4.79 Å². The fraction of sp³-hybridized carbons (Fsp3) is 0.133. The van der Waals surface area contributed by atoms with Crippen LogP contribution in [0.1, 0.15) is 21.7 Å². The molecule has 2 aromatic rings. The smallest absolute Gasteiger partial charge is 0.266 e. The Bertz CT molecular complexity index is 738. The van der Waals surface area contributed by atoms with Crippen molar-refractivity contribution in [3.63, 3.8) is 0 Å². The van der Waals surface area contributed by atoms with Crippen LogP contribution < -0.4 is 0 Å². The van der Waals surface area contributed by atoms with Gasteiger partial charge < -0.3 is 0 Å². The molecule has 0 unspecified atom stereocenters. The fourth-order valence-electron chi connectivity index (χ4n) is 1.85. The molecule has 0 saturated carbocycles. The average molecular weight is 330 g/mol. The maximum Gasteiger partial charge on any atom is 0.289 e. The molecule has 4 nitrogen and oxygen atoms in total. The first kappa shape index (κ1) is 14.2. The van der Waals surface area contributed by atoms with Crippen LogP contribution in [0.15, 0.2) is 40.4 Å². The normalized spacial score (nSPS) is 11.2. The van der Waals surface area contributed by atoms with Crippen LogP contribution in [0.4, 0.5) is 0 Å². The molecule has 100 valence electrons. The second kappa shape index (κ2) is 5.85. The summed E-state index contributed by atoms with van der Waals surface area (Å²) < 4.78 is 2.14. The fourth-order valence-corrected chi connectivity index (χ4v) is 2.27. The first-order chi connectivity index (χ1) is 9.51. The van der Waals surface area contributed by atoms with Gasteiger partial charge in [-0.15, -0.1) is 0 Å². The standard InChI is InChI=1S/C15H12BrN3O/c1-10-6-11(2)19(18-10)15(20)13(9-17)7-12-4-3-5-14(16)8-12/h3-8H,1-2H3/b13-7+. The molecule has 0 atom stereocenters. The van der Waals surface area contributed by atoms with Crippen molar-refractivity contribution >= 4 is 27.9 Å². The highest BCUT2D eigenvalue weighted by molar-refractivity contribution is 9.10. The predicted molar refractivity (Wildman–Crippen MR) is 80.1 cm³/mol. The van der Waals surface area contributed by atoms with E-state index < -0.39 is 5.91 Å². The number of aromatic nitrogens is 2. The molecule has 2 rings (SSSR count). The molecular weight excluding hydrogens is 318 g/mol. The average Bonchev–Trinajstić information content (AvgIpc) is 2.74. The number of hydrogen-bond acceptors (Lipinski definition) is 3. The lowest BCUT2D eigenvalue weighted by molar-refractivity contribution is 0.0944. The van der Waals surface area contributed by atoms with Crippen LogP contribution in [0.2, 0.25) is 0 Å². The molecule has 1 heterocycles. The first-order valence-electron chi connectivity index (χ1n) is 5.96. The van der Waals surface area contributed by atoms with Crippen molar-refractivity contribution in [1.29, 1.82) is 5.26 Å². The summed E-state index contributed by atoms with van der Waals surface area (Å²) in [6.45, 7) is 3.59. The van der Waals surface area contributed by atoms with Gasteiger partial charge in [0.05, 0.1) is 5.69 Å². The molecule has 0 fully saturated rings. The van der Waals surface area contributed by atoms with Crippen molar-refractivity contribution in [2.75, 3.05) is 0 Å². The van der Waals surface area contributed by atoms with Gasteiger partial charge in [0, 0.05) is 10.2 Å². The topological polar surface area (TPSA) is 58.7 Å². The number of nitrogens with zero attached hydrogens (tertiary/aromatic N) is 3. The third-order valence-corrected chi connectivity index (χ3v) is 3.21. The molecule has 0 aliphatic rings. The van der Waals surface area contributed by atoms with E-state index in [9.17, 15) is 10.1 Å². The second-order valence-corrected chi connectivity index (χ2v) is 5.28. The van der Waals surface area contributed by atoms with Crippen LogP contribution >= 0.6 is 15.9 Å². The molecule has 0 saturated heterocycles. The summed E-state index contributed by atoms with van der Waals surface area (Å²) in [6.07, 6.45) is 1.56. The second-order valence-electron chi connectivity index (χ2n) is 4.37. The zero-order valence-corrected chi connectivity index (χ0v) is 12.7. The Hall–Kier alpha value is -2.19. The van der Waals surface area contributed by atoms with Crippen LogP contribution in [0, 0.1) is 25.2 Å². The molecule has 0 amide bonds. The Labute approximate surface area is 125 Å². The van der Waals surface area contributed by atoms with E-state index in [4.69, 9.17) is 0 Å². The Morgan fingerprint density at radius 3 is 2.70 bits per heavy atom. The van der Waals surface area contributed by atoms with Crippen molar-refractivity contribution in [2.45, 2.75) is 13.8 Å². The largest absolute Gasteiger partial charge is 0.289 e. The van der Waals surface area contributed by atoms with Gasteiger partial charge in [0.1, 0.15) is 11.6 Å². The van der Waals surface area contributed by atoms with Gasteiger partial charge in [-0.3, -0.25) is 4.79 Å². The van der Waals surface area contributed by atoms with E-state index in [1.165, 1.54) is 4.68 Å². The van der Waals surface area contributed by atoms with Crippen LogP contribution in [0.3, 0.4) is 0 Å². The summed E-state index contributed by atoms with van der Waals surface area (Å²) >= 11 is 3.36. The lowest BCUT2D eigenvalue weighted by atomic mass is 10.1. The van der Waals surface area contributed by atoms with Gasteiger partial charge in [-0.1, -0.05) is 28.1 Å². The Kier molecular flexibility index (Phi) is 4.16. The van der Waals surface area contributed by atoms with Gasteiger partial charge in [-0.2, -0.15) is 10.4 Å². The van der Waals surface area contributed by atoms with Crippen LogP contribution in [-0.2, 0) is 0 Å². The number of halogens is 1. The predicted octanol–water partition coefficient (Wildman–Crippen LogP) is 3.51. The number of allylic oxidation sites excluding steroid dienone is 1. The summed E-state index contributed by atoms with van der Waals surface area (Å²) in [5, 5.41) is 13.3. The van der Waals surface area contributed by atoms with Gasteiger partial charge in [0.15, 0.2) is 0 Å². The zero-order valence-electron chi connectivity index (χ0n) is 11.1. The van der Waals surface area contributed by atoms with Crippen molar-refractivity contribution in [2.24, 2.45) is 0 Å². The molecule has 0 N–H and O–H groups in total. The Morgan fingerprint density at radius 2 is 2.15 bits per heavy atom. The van der Waals surface area contributed by atoms with Gasteiger partial charge >= 0.3 is 0 Å². The lowest BCUT2D eigenvalue weighted by Crippen LogP contribution is -2.15. The molecule has 0 radical (unpaired) electrons. The SMILES string of the molecule is Cc1cc(C)n(C(=O)/C(C#N)=C/c2cccc(Br)c2)n1. The monoisotopic (exact) mass is 329 g/mol. The van der Waals surface area contributed by atoms with Gasteiger partial charge in [-0.25, -0.2) is 4.68 Å². The van der Waals surface area contributed by atoms with E-state index in [-0.39, 0.29) is 5.57 Å². The molecule has 0 aliphatic carbocycles. The summed E-state index contributed by atoms with van der Waals surface area (Å²) in [4.78, 5) is 12.3. The van der Waals surface area contributed by atoms with E-state index in [1.807, 2.05) is 30.3 Å². The minimum atomic E-state index is -0.418. The van der Waals surface area contributed by atoms with Crippen LogP contribution in [-0.4, -0.2) is 15.7 Å². The number of benzene rings is 1. The molecule has 0 bridgehead atoms. The number of carbonyl (C=O) groups excluding carboxylic acids is 1. The Morgan fingerprint density at radius 1 is 1.40 bits per heavy atom. The quantitative estimate of drug-likeness (QED) is 0.625. The maximum absolute atomic E-state index is 12.3. The number of aryl methyl sites for hydroxylation is 2. The molecule has 20 heavy (non-hydrogen) atoms. The van der Waals surface area contributed by atoms with E-state index >= 15 is 0 Å². The summed E-state index contributed by atoms with van der Waals surface area (Å²) in [7, 11) is 0. The lowest BCUT2D eigenvalue weighted by Gasteiger charge is -2.02. The highest BCUT2D eigenvalue weighted by Crippen LogP contribution is 2.15. The van der Waals surface area contributed by atoms with Crippen molar-refractivity contribution in [3.05, 3.63) is 57.3 Å². The third kappa shape index (κ3) is 3.03. The van der Waals surface area contributed by atoms with Crippen LogP contribution in [0.25, 0.3) is 6.08 Å². The number of carbonyl (C=O) groups is 1. The number of nitriles is 1. The summed E-state index contributed by atoms with van der Waals surface area (Å²) in [5.41, 5.74) is 2.29. The van der Waals surface area contributed by atoms with E-state index in [2.05, 4.69) is 21.0 Å². The summed E-state index contributed by atoms with van der Waals surface area (Å²) in [6, 6.07) is 11.1. The maximum atomic E-state index is 12.3. The molecule has 1 aromatic heterocycles. The minimum absolute atomic E-state index is 0.0503. The molecule has 0 aliphatic heterocycles. The minimum Gasteiger partial charge on any atom is -0.266 e. The number of hydrogen-bond donors (Lipinski definition) is 0. The molecule has 1 aromatic carbocycles. The molecule has 5 heteroatoms. The first-order valence-corrected chi connectivity index (χ1v) is 6.76. The third-order valence-electron chi connectivity index (χ3n) is 2.71. The highest BCUT2D eigenvalue weighted by Gasteiger charge is 2.15. The highest BCUT2D eigenvalue weighted by atomic mass is 79.9. The van der Waals surface area contributed by atoms with Gasteiger partial charge in [-0.05, 0) is 43.7 Å². The van der Waals surface area contributed by atoms with Gasteiger partial charge in [0.25, 0.3) is 5.91 Å². The molecular formula is C15H12BrN3O. The van der Waals surface area contributed by atoms with Crippen molar-refractivity contribution in [3.8, 4) is 6.07 Å². The zero-order chi connectivity index (χ0) is 14.7. The number of rotatable bonds is 2. The van der Waals surface area contributed by atoms with Gasteiger partial charge in [0.2, 0.25) is 0 Å². The van der Waals surface area contributed by atoms with Crippen LogP contribution in [0.5, 0.6) is 0 Å². The van der Waals surface area contributed by atoms with E-state index in [0.717, 1.165) is 15.7 Å². The Balaban J connectivity index is 2.41. The van der Waals surface area contributed by atoms with E-state index in [0.29, 0.717) is 5.69 Å².